The zero-order valence-corrected chi connectivity index (χ0v) is 15.3. The van der Waals surface area contributed by atoms with Crippen LogP contribution in [-0.4, -0.2) is 23.3 Å². The summed E-state index contributed by atoms with van der Waals surface area (Å²) in [6.07, 6.45) is -2.38. The Labute approximate surface area is 164 Å². The van der Waals surface area contributed by atoms with Crippen molar-refractivity contribution in [1.29, 1.82) is 0 Å². The van der Waals surface area contributed by atoms with Crippen LogP contribution in [0.5, 0.6) is 0 Å². The van der Waals surface area contributed by atoms with Gasteiger partial charge < -0.3 is 10.6 Å². The number of carbonyl (C=O) groups excluding carboxylic acids is 2. The highest BCUT2D eigenvalue weighted by Gasteiger charge is 2.30. The van der Waals surface area contributed by atoms with Gasteiger partial charge in [-0.15, -0.1) is 0 Å². The topological polar surface area (TPSA) is 71.1 Å². The molecule has 0 aliphatic heterocycles. The van der Waals surface area contributed by atoms with Crippen LogP contribution in [0.15, 0.2) is 60.8 Å². The van der Waals surface area contributed by atoms with E-state index in [2.05, 4.69) is 15.6 Å². The number of amides is 2. The van der Waals surface area contributed by atoms with Crippen LogP contribution in [-0.2, 0) is 11.0 Å². The number of fused-ring (bicyclic) bond motifs is 1. The second-order valence-electron chi connectivity index (χ2n) is 6.37. The summed E-state index contributed by atoms with van der Waals surface area (Å²) < 4.78 is 38.2. The zero-order valence-electron chi connectivity index (χ0n) is 15.3. The molecule has 0 fully saturated rings. The van der Waals surface area contributed by atoms with E-state index in [1.54, 1.807) is 18.3 Å². The van der Waals surface area contributed by atoms with Gasteiger partial charge in [-0.1, -0.05) is 24.3 Å². The van der Waals surface area contributed by atoms with Crippen molar-refractivity contribution >= 4 is 28.4 Å². The van der Waals surface area contributed by atoms with E-state index in [1.807, 2.05) is 18.2 Å². The van der Waals surface area contributed by atoms with Crippen molar-refractivity contribution < 1.29 is 22.8 Å². The lowest BCUT2D eigenvalue weighted by Crippen LogP contribution is -2.25. The average molecular weight is 401 g/mol. The van der Waals surface area contributed by atoms with E-state index in [0.717, 1.165) is 17.5 Å². The van der Waals surface area contributed by atoms with E-state index >= 15 is 0 Å². The number of rotatable bonds is 6. The van der Waals surface area contributed by atoms with Gasteiger partial charge in [-0.05, 0) is 36.8 Å². The molecule has 0 aliphatic carbocycles. The lowest BCUT2D eigenvalue weighted by atomic mass is 10.1. The minimum Gasteiger partial charge on any atom is -0.352 e. The monoisotopic (exact) mass is 401 g/mol. The number of nitrogens with one attached hydrogen (secondary N) is 2. The van der Waals surface area contributed by atoms with Gasteiger partial charge in [0.2, 0.25) is 5.91 Å². The van der Waals surface area contributed by atoms with Crippen LogP contribution in [0, 0.1) is 0 Å². The fourth-order valence-corrected chi connectivity index (χ4v) is 2.81. The van der Waals surface area contributed by atoms with Gasteiger partial charge in [0.1, 0.15) is 0 Å². The molecule has 29 heavy (non-hydrogen) atoms. The molecule has 0 saturated heterocycles. The number of pyridine rings is 1. The van der Waals surface area contributed by atoms with Crippen LogP contribution in [0.25, 0.3) is 10.9 Å². The smallest absolute Gasteiger partial charge is 0.352 e. The molecule has 1 heterocycles. The van der Waals surface area contributed by atoms with Gasteiger partial charge >= 0.3 is 6.18 Å². The van der Waals surface area contributed by atoms with E-state index in [4.69, 9.17) is 0 Å². The Morgan fingerprint density at radius 1 is 1.00 bits per heavy atom. The first-order valence-electron chi connectivity index (χ1n) is 8.93. The van der Waals surface area contributed by atoms with Crippen molar-refractivity contribution in [3.63, 3.8) is 0 Å². The van der Waals surface area contributed by atoms with Gasteiger partial charge in [0, 0.05) is 30.1 Å². The molecule has 1 aromatic heterocycles. The largest absolute Gasteiger partial charge is 0.416 e. The minimum atomic E-state index is -4.51. The minimum absolute atomic E-state index is 0.0777. The molecule has 2 aromatic carbocycles. The number of benzene rings is 2. The number of alkyl halides is 3. The Hall–Kier alpha value is -3.42. The Morgan fingerprint density at radius 2 is 1.76 bits per heavy atom. The van der Waals surface area contributed by atoms with Crippen molar-refractivity contribution in [2.24, 2.45) is 0 Å². The molecule has 0 radical (unpaired) electrons. The molecule has 0 bridgehead atoms. The summed E-state index contributed by atoms with van der Waals surface area (Å²) in [7, 11) is 0. The molecule has 0 saturated carbocycles. The molecule has 2 N–H and O–H groups in total. The molecular weight excluding hydrogens is 383 g/mol. The van der Waals surface area contributed by atoms with E-state index in [-0.39, 0.29) is 24.4 Å². The molecule has 0 spiro atoms. The summed E-state index contributed by atoms with van der Waals surface area (Å²) in [5, 5.41) is 6.22. The summed E-state index contributed by atoms with van der Waals surface area (Å²) in [6, 6.07) is 13.4. The predicted molar refractivity (Wildman–Crippen MR) is 103 cm³/mol. The standard InChI is InChI=1S/C21H18F3N3O2/c22-21(23,24)16-8-1-6-15(13-16)20(29)26-12-4-10-18(28)27-17-9-2-5-14-7-3-11-25-19(14)17/h1-3,5-9,11,13H,4,10,12H2,(H,26,29)(H,27,28). The SMILES string of the molecule is O=C(CCCNC(=O)c1cccc(C(F)(F)F)c1)Nc1cccc2cccnc12. The van der Waals surface area contributed by atoms with E-state index in [0.29, 0.717) is 17.6 Å². The molecule has 2 amide bonds. The number of aromatic nitrogens is 1. The summed E-state index contributed by atoms with van der Waals surface area (Å²) in [5.41, 5.74) is 0.321. The van der Waals surface area contributed by atoms with Crippen LogP contribution in [0.4, 0.5) is 18.9 Å². The predicted octanol–water partition coefficient (Wildman–Crippen LogP) is 4.40. The number of halogens is 3. The molecule has 0 unspecified atom stereocenters. The van der Waals surface area contributed by atoms with Crippen molar-refractivity contribution in [2.75, 3.05) is 11.9 Å². The van der Waals surface area contributed by atoms with Gasteiger partial charge in [-0.2, -0.15) is 13.2 Å². The molecule has 0 aliphatic rings. The van der Waals surface area contributed by atoms with Gasteiger partial charge in [0.05, 0.1) is 16.8 Å². The Kier molecular flexibility index (Phi) is 6.11. The third kappa shape index (κ3) is 5.31. The van der Waals surface area contributed by atoms with Gasteiger partial charge in [-0.3, -0.25) is 14.6 Å². The van der Waals surface area contributed by atoms with Crippen LogP contribution < -0.4 is 10.6 Å². The van der Waals surface area contributed by atoms with Crippen molar-refractivity contribution in [3.05, 3.63) is 71.9 Å². The maximum atomic E-state index is 12.7. The summed E-state index contributed by atoms with van der Waals surface area (Å²) in [6.45, 7) is 0.163. The fraction of sp³-hybridized carbons (Fsp3) is 0.190. The molecule has 5 nitrogen and oxygen atoms in total. The Balaban J connectivity index is 1.49. The van der Waals surface area contributed by atoms with Crippen LogP contribution in [0.3, 0.4) is 0 Å². The molecule has 3 rings (SSSR count). The first-order valence-corrected chi connectivity index (χ1v) is 8.93. The number of nitrogens with zero attached hydrogens (tertiary/aromatic N) is 1. The Bertz CT molecular complexity index is 1030. The molecule has 0 atom stereocenters. The third-order valence-corrected chi connectivity index (χ3v) is 4.23. The second kappa shape index (κ2) is 8.72. The van der Waals surface area contributed by atoms with E-state index in [1.165, 1.54) is 12.1 Å². The van der Waals surface area contributed by atoms with Crippen LogP contribution >= 0.6 is 0 Å². The second-order valence-corrected chi connectivity index (χ2v) is 6.37. The first-order chi connectivity index (χ1) is 13.8. The maximum absolute atomic E-state index is 12.7. The average Bonchev–Trinajstić information content (AvgIpc) is 2.71. The van der Waals surface area contributed by atoms with Gasteiger partial charge in [0.15, 0.2) is 0 Å². The van der Waals surface area contributed by atoms with Gasteiger partial charge in [0.25, 0.3) is 5.91 Å². The number of hydrogen-bond donors (Lipinski definition) is 2. The number of hydrogen-bond acceptors (Lipinski definition) is 3. The molecule has 3 aromatic rings. The molecule has 150 valence electrons. The van der Waals surface area contributed by atoms with E-state index < -0.39 is 17.6 Å². The molecule has 8 heteroatoms. The lowest BCUT2D eigenvalue weighted by molar-refractivity contribution is -0.137. The molecular formula is C21H18F3N3O2. The third-order valence-electron chi connectivity index (χ3n) is 4.23. The Morgan fingerprint density at radius 3 is 2.55 bits per heavy atom. The highest BCUT2D eigenvalue weighted by Crippen LogP contribution is 2.29. The quantitative estimate of drug-likeness (QED) is 0.602. The summed E-state index contributed by atoms with van der Waals surface area (Å²) in [5.74, 6) is -0.855. The van der Waals surface area contributed by atoms with E-state index in [9.17, 15) is 22.8 Å². The highest BCUT2D eigenvalue weighted by atomic mass is 19.4. The van der Waals surface area contributed by atoms with Gasteiger partial charge in [-0.25, -0.2) is 0 Å². The summed E-state index contributed by atoms with van der Waals surface area (Å²) >= 11 is 0. The fourth-order valence-electron chi connectivity index (χ4n) is 2.81. The van der Waals surface area contributed by atoms with Crippen LogP contribution in [0.2, 0.25) is 0 Å². The van der Waals surface area contributed by atoms with Crippen molar-refractivity contribution in [1.82, 2.24) is 10.3 Å². The number of carbonyl (C=O) groups is 2. The van der Waals surface area contributed by atoms with Crippen molar-refractivity contribution in [2.45, 2.75) is 19.0 Å². The summed E-state index contributed by atoms with van der Waals surface area (Å²) in [4.78, 5) is 28.4. The highest BCUT2D eigenvalue weighted by molar-refractivity contribution is 6.00. The number of para-hydroxylation sites is 1. The normalized spacial score (nSPS) is 11.3. The lowest BCUT2D eigenvalue weighted by Gasteiger charge is -2.10. The van der Waals surface area contributed by atoms with Crippen molar-refractivity contribution in [3.8, 4) is 0 Å². The first kappa shape index (κ1) is 20.3. The van der Waals surface area contributed by atoms with Crippen LogP contribution in [0.1, 0.15) is 28.8 Å². The number of anilines is 1. The maximum Gasteiger partial charge on any atom is 0.416 e. The zero-order chi connectivity index (χ0) is 20.9.